The van der Waals surface area contributed by atoms with Crippen molar-refractivity contribution in [3.8, 4) is 0 Å². The van der Waals surface area contributed by atoms with E-state index in [1.165, 1.54) is 22.7 Å². The summed E-state index contributed by atoms with van der Waals surface area (Å²) < 4.78 is 0.839. The van der Waals surface area contributed by atoms with Gasteiger partial charge in [-0.1, -0.05) is 29.3 Å². The average Bonchev–Trinajstić information content (AvgIpc) is 3.19. The summed E-state index contributed by atoms with van der Waals surface area (Å²) in [5, 5.41) is 5.09. The summed E-state index contributed by atoms with van der Waals surface area (Å²) in [7, 11) is 0. The van der Waals surface area contributed by atoms with Crippen molar-refractivity contribution in [1.29, 1.82) is 0 Å². The lowest BCUT2D eigenvalue weighted by Gasteiger charge is -2.05. The first kappa shape index (κ1) is 16.8. The number of amides is 2. The predicted molar refractivity (Wildman–Crippen MR) is 105 cm³/mol. The molecule has 1 aliphatic carbocycles. The van der Waals surface area contributed by atoms with E-state index in [0.29, 0.717) is 25.5 Å². The Kier molecular flexibility index (Phi) is 4.24. The van der Waals surface area contributed by atoms with Crippen LogP contribution in [0.15, 0.2) is 18.2 Å². The highest BCUT2D eigenvalue weighted by Crippen LogP contribution is 2.41. The van der Waals surface area contributed by atoms with Crippen molar-refractivity contribution in [3.63, 3.8) is 0 Å². The van der Waals surface area contributed by atoms with Crippen molar-refractivity contribution in [3.05, 3.63) is 49.1 Å². The van der Waals surface area contributed by atoms with Crippen LogP contribution in [-0.2, 0) is 12.8 Å². The van der Waals surface area contributed by atoms with Gasteiger partial charge in [-0.15, -0.1) is 22.7 Å². The van der Waals surface area contributed by atoms with Gasteiger partial charge in [-0.2, -0.15) is 0 Å². The van der Waals surface area contributed by atoms with E-state index >= 15 is 0 Å². The molecular formula is C17H12Cl2N2O2S2. The van der Waals surface area contributed by atoms with Crippen LogP contribution < -0.4 is 11.1 Å². The van der Waals surface area contributed by atoms with Crippen LogP contribution in [0, 0.1) is 0 Å². The van der Waals surface area contributed by atoms with Gasteiger partial charge in [0.15, 0.2) is 0 Å². The molecule has 0 aliphatic heterocycles. The Hall–Kier alpha value is -1.60. The lowest BCUT2D eigenvalue weighted by molar-refractivity contribution is 0.100. The molecule has 1 aromatic carbocycles. The fourth-order valence-electron chi connectivity index (χ4n) is 3.10. The van der Waals surface area contributed by atoms with Crippen molar-refractivity contribution in [2.24, 2.45) is 5.73 Å². The Balaban J connectivity index is 1.72. The number of primary amides is 1. The molecule has 0 radical (unpaired) electrons. The Morgan fingerprint density at radius 3 is 2.72 bits per heavy atom. The summed E-state index contributed by atoms with van der Waals surface area (Å²) in [4.78, 5) is 26.1. The number of thiophene rings is 2. The Morgan fingerprint density at radius 2 is 1.96 bits per heavy atom. The van der Waals surface area contributed by atoms with Crippen LogP contribution in [0.4, 0.5) is 5.00 Å². The molecule has 2 heterocycles. The van der Waals surface area contributed by atoms with Crippen molar-refractivity contribution < 1.29 is 9.59 Å². The fraction of sp³-hybridized carbons (Fsp3) is 0.176. The summed E-state index contributed by atoms with van der Waals surface area (Å²) in [6.45, 7) is 0. The zero-order chi connectivity index (χ0) is 17.7. The lowest BCUT2D eigenvalue weighted by atomic mass is 10.1. The summed E-state index contributed by atoms with van der Waals surface area (Å²) >= 11 is 15.1. The van der Waals surface area contributed by atoms with Gasteiger partial charge >= 0.3 is 0 Å². The number of aryl methyl sites for hydroxylation is 1. The first-order valence-electron chi connectivity index (χ1n) is 7.59. The molecule has 0 atom stereocenters. The highest BCUT2D eigenvalue weighted by Gasteiger charge is 2.27. The zero-order valence-corrected chi connectivity index (χ0v) is 16.0. The number of halogens is 2. The van der Waals surface area contributed by atoms with Crippen molar-refractivity contribution >= 4 is 72.8 Å². The molecule has 2 aromatic heterocycles. The van der Waals surface area contributed by atoms with E-state index in [-0.39, 0.29) is 5.91 Å². The molecule has 1 aliphatic rings. The van der Waals surface area contributed by atoms with Gasteiger partial charge in [-0.3, -0.25) is 9.59 Å². The summed E-state index contributed by atoms with van der Waals surface area (Å²) in [6, 6.07) is 5.31. The minimum atomic E-state index is -0.510. The highest BCUT2D eigenvalue weighted by molar-refractivity contribution is 7.22. The number of benzene rings is 1. The maximum Gasteiger partial charge on any atom is 0.267 e. The van der Waals surface area contributed by atoms with Crippen molar-refractivity contribution in [1.82, 2.24) is 0 Å². The number of hydrogen-bond donors (Lipinski definition) is 2. The monoisotopic (exact) mass is 410 g/mol. The number of anilines is 1. The molecule has 3 aromatic rings. The number of nitrogens with two attached hydrogens (primary N) is 1. The molecule has 0 saturated heterocycles. The molecule has 0 bridgehead atoms. The Morgan fingerprint density at radius 1 is 1.16 bits per heavy atom. The molecule has 4 nitrogen and oxygen atoms in total. The van der Waals surface area contributed by atoms with Crippen LogP contribution in [0.2, 0.25) is 10.0 Å². The van der Waals surface area contributed by atoms with Gasteiger partial charge in [-0.25, -0.2) is 0 Å². The van der Waals surface area contributed by atoms with Gasteiger partial charge in [0.2, 0.25) is 0 Å². The van der Waals surface area contributed by atoms with Crippen molar-refractivity contribution in [2.45, 2.75) is 19.3 Å². The van der Waals surface area contributed by atoms with E-state index in [4.69, 9.17) is 28.9 Å². The quantitative estimate of drug-likeness (QED) is 0.629. The summed E-state index contributed by atoms with van der Waals surface area (Å²) in [5.74, 6) is -0.853. The van der Waals surface area contributed by atoms with Crippen LogP contribution in [0.3, 0.4) is 0 Å². The first-order valence-corrected chi connectivity index (χ1v) is 9.98. The van der Waals surface area contributed by atoms with Gasteiger partial charge < -0.3 is 11.1 Å². The normalized spacial score (nSPS) is 13.2. The SMILES string of the molecule is NC(=O)c1c(NC(=O)c2sc3cc(Cl)ccc3c2Cl)sc2c1CCC2. The molecule has 0 fully saturated rings. The largest absolute Gasteiger partial charge is 0.365 e. The van der Waals surface area contributed by atoms with E-state index in [2.05, 4.69) is 5.32 Å². The fourth-order valence-corrected chi connectivity index (χ4v) is 6.08. The molecule has 0 unspecified atom stereocenters. The third-order valence-electron chi connectivity index (χ3n) is 4.19. The van der Waals surface area contributed by atoms with Gasteiger partial charge in [-0.05, 0) is 37.0 Å². The third kappa shape index (κ3) is 2.83. The number of carbonyl (C=O) groups is 2. The second-order valence-electron chi connectivity index (χ2n) is 5.77. The number of nitrogens with one attached hydrogen (secondary N) is 1. The van der Waals surface area contributed by atoms with Crippen molar-refractivity contribution in [2.75, 3.05) is 5.32 Å². The Labute approximate surface area is 161 Å². The topological polar surface area (TPSA) is 72.2 Å². The van der Waals surface area contributed by atoms with E-state index in [0.717, 1.165) is 39.8 Å². The van der Waals surface area contributed by atoms with Crippen LogP contribution in [0.25, 0.3) is 10.1 Å². The standard InChI is InChI=1S/C17H12Cl2N2O2S2/c18-7-4-5-9-11(6-7)24-14(13(9)19)16(23)21-17-12(15(20)22)8-2-1-3-10(8)25-17/h4-6H,1-3H2,(H2,20,22)(H,21,23). The van der Waals surface area contributed by atoms with E-state index in [1.807, 2.05) is 0 Å². The molecule has 4 rings (SSSR count). The number of carbonyl (C=O) groups excluding carboxylic acids is 2. The summed E-state index contributed by atoms with van der Waals surface area (Å²) in [6.07, 6.45) is 2.75. The lowest BCUT2D eigenvalue weighted by Crippen LogP contribution is -2.17. The smallest absolute Gasteiger partial charge is 0.267 e. The zero-order valence-electron chi connectivity index (χ0n) is 12.8. The second-order valence-corrected chi connectivity index (χ2v) is 8.74. The van der Waals surface area contributed by atoms with Crippen LogP contribution >= 0.6 is 45.9 Å². The van der Waals surface area contributed by atoms with Gasteiger partial charge in [0, 0.05) is 20.0 Å². The summed E-state index contributed by atoms with van der Waals surface area (Å²) in [5.41, 5.74) is 6.94. The van der Waals surface area contributed by atoms with Gasteiger partial charge in [0.25, 0.3) is 11.8 Å². The van der Waals surface area contributed by atoms with Gasteiger partial charge in [0.05, 0.1) is 10.6 Å². The number of hydrogen-bond acceptors (Lipinski definition) is 4. The minimum Gasteiger partial charge on any atom is -0.365 e. The molecular weight excluding hydrogens is 399 g/mol. The minimum absolute atomic E-state index is 0.343. The number of rotatable bonds is 3. The predicted octanol–water partition coefficient (Wildman–Crippen LogP) is 5.11. The first-order chi connectivity index (χ1) is 12.0. The maximum absolute atomic E-state index is 12.7. The van der Waals surface area contributed by atoms with Crippen LogP contribution in [0.5, 0.6) is 0 Å². The molecule has 25 heavy (non-hydrogen) atoms. The molecule has 0 spiro atoms. The molecule has 128 valence electrons. The molecule has 2 amide bonds. The molecule has 0 saturated carbocycles. The van der Waals surface area contributed by atoms with E-state index in [9.17, 15) is 9.59 Å². The third-order valence-corrected chi connectivity index (χ3v) is 7.29. The number of fused-ring (bicyclic) bond motifs is 2. The molecule has 3 N–H and O–H groups in total. The molecule has 8 heteroatoms. The van der Waals surface area contributed by atoms with Crippen LogP contribution in [0.1, 0.15) is 36.9 Å². The Bertz CT molecular complexity index is 1040. The maximum atomic E-state index is 12.7. The average molecular weight is 411 g/mol. The van der Waals surface area contributed by atoms with Gasteiger partial charge in [0.1, 0.15) is 9.88 Å². The second kappa shape index (κ2) is 6.29. The van der Waals surface area contributed by atoms with E-state index in [1.54, 1.807) is 18.2 Å². The highest BCUT2D eigenvalue weighted by atomic mass is 35.5. The van der Waals surface area contributed by atoms with E-state index < -0.39 is 5.91 Å². The van der Waals surface area contributed by atoms with Crippen LogP contribution in [-0.4, -0.2) is 11.8 Å².